The fourth-order valence-electron chi connectivity index (χ4n) is 3.56. The number of hydrogen-bond acceptors (Lipinski definition) is 7. The Labute approximate surface area is 198 Å². The van der Waals surface area contributed by atoms with E-state index in [1.165, 1.54) is 11.9 Å². The van der Waals surface area contributed by atoms with Crippen LogP contribution in [0.5, 0.6) is 0 Å². The number of likely N-dealkylation sites (N-methyl/N-ethyl adjacent to an activating group) is 1. The lowest BCUT2D eigenvalue weighted by atomic mass is 9.88. The number of anilines is 1. The highest BCUT2D eigenvalue weighted by Gasteiger charge is 2.29. The summed E-state index contributed by atoms with van der Waals surface area (Å²) in [5.41, 5.74) is 2.17. The topological polar surface area (TPSA) is 148 Å². The SMILES string of the molecule is CCc1c(NC(=O)COCCCl)c(C)c(C(=O)NCCO)c(C)c1C(=O)N(C)CC(O)CO. The molecular formula is C22H34ClN3O7. The molecule has 0 aliphatic carbocycles. The fraction of sp³-hybridized carbons (Fsp3) is 0.591. The van der Waals surface area contributed by atoms with E-state index in [1.807, 2.05) is 6.92 Å². The highest BCUT2D eigenvalue weighted by Crippen LogP contribution is 2.33. The van der Waals surface area contributed by atoms with Crippen molar-refractivity contribution in [2.75, 3.05) is 57.8 Å². The molecule has 0 heterocycles. The molecule has 1 rings (SSSR count). The summed E-state index contributed by atoms with van der Waals surface area (Å²) >= 11 is 5.57. The van der Waals surface area contributed by atoms with Crippen LogP contribution in [0.1, 0.15) is 44.3 Å². The van der Waals surface area contributed by atoms with Crippen LogP contribution in [0.25, 0.3) is 0 Å². The van der Waals surface area contributed by atoms with E-state index < -0.39 is 30.4 Å². The van der Waals surface area contributed by atoms with E-state index in [2.05, 4.69) is 10.6 Å². The molecule has 0 radical (unpaired) electrons. The molecular weight excluding hydrogens is 454 g/mol. The summed E-state index contributed by atoms with van der Waals surface area (Å²) in [7, 11) is 1.48. The minimum absolute atomic E-state index is 0.0209. The Balaban J connectivity index is 3.62. The maximum Gasteiger partial charge on any atom is 0.254 e. The van der Waals surface area contributed by atoms with Gasteiger partial charge in [-0.25, -0.2) is 0 Å². The number of rotatable bonds is 13. The predicted molar refractivity (Wildman–Crippen MR) is 125 cm³/mol. The Hall–Kier alpha value is -2.24. The van der Waals surface area contributed by atoms with Crippen molar-refractivity contribution < 1.29 is 34.4 Å². The number of ether oxygens (including phenoxy) is 1. The summed E-state index contributed by atoms with van der Waals surface area (Å²) in [5, 5.41) is 33.3. The summed E-state index contributed by atoms with van der Waals surface area (Å²) in [5.74, 6) is -1.20. The number of aliphatic hydroxyl groups excluding tert-OH is 3. The first kappa shape index (κ1) is 28.8. The number of nitrogens with zero attached hydrogens (tertiary/aromatic N) is 1. The van der Waals surface area contributed by atoms with Crippen LogP contribution in [0.2, 0.25) is 0 Å². The van der Waals surface area contributed by atoms with Gasteiger partial charge >= 0.3 is 0 Å². The Morgan fingerprint density at radius 3 is 2.36 bits per heavy atom. The molecule has 0 aromatic heterocycles. The van der Waals surface area contributed by atoms with Crippen molar-refractivity contribution in [3.05, 3.63) is 27.8 Å². The van der Waals surface area contributed by atoms with E-state index in [4.69, 9.17) is 26.6 Å². The van der Waals surface area contributed by atoms with Crippen LogP contribution < -0.4 is 10.6 Å². The Morgan fingerprint density at radius 2 is 1.82 bits per heavy atom. The average molecular weight is 488 g/mol. The van der Waals surface area contributed by atoms with Gasteiger partial charge in [-0.1, -0.05) is 6.92 Å². The monoisotopic (exact) mass is 487 g/mol. The van der Waals surface area contributed by atoms with Crippen LogP contribution in [0, 0.1) is 13.8 Å². The van der Waals surface area contributed by atoms with E-state index >= 15 is 0 Å². The molecule has 5 N–H and O–H groups in total. The number of nitrogens with one attached hydrogen (secondary N) is 2. The molecule has 0 saturated carbocycles. The second-order valence-corrected chi connectivity index (χ2v) is 7.88. The number of benzene rings is 1. The number of amides is 3. The summed E-state index contributed by atoms with van der Waals surface area (Å²) in [6, 6.07) is 0. The number of aliphatic hydroxyl groups is 3. The average Bonchev–Trinajstić information content (AvgIpc) is 2.78. The van der Waals surface area contributed by atoms with Crippen LogP contribution in [-0.2, 0) is 16.0 Å². The maximum atomic E-state index is 13.4. The van der Waals surface area contributed by atoms with Crippen LogP contribution in [0.3, 0.4) is 0 Å². The van der Waals surface area contributed by atoms with Crippen molar-refractivity contribution in [3.63, 3.8) is 0 Å². The van der Waals surface area contributed by atoms with Crippen LogP contribution >= 0.6 is 11.6 Å². The van der Waals surface area contributed by atoms with Gasteiger partial charge in [-0.05, 0) is 37.0 Å². The van der Waals surface area contributed by atoms with Gasteiger partial charge in [0.2, 0.25) is 5.91 Å². The predicted octanol–water partition coefficient (Wildman–Crippen LogP) is 0.207. The molecule has 0 saturated heterocycles. The second-order valence-electron chi connectivity index (χ2n) is 7.50. The van der Waals surface area contributed by atoms with E-state index in [1.54, 1.807) is 13.8 Å². The Bertz CT molecular complexity index is 848. The molecule has 1 unspecified atom stereocenters. The van der Waals surface area contributed by atoms with Gasteiger partial charge in [0.05, 0.1) is 25.9 Å². The third-order valence-corrected chi connectivity index (χ3v) is 5.21. The number of carbonyl (C=O) groups is 3. The molecule has 1 aromatic rings. The maximum absolute atomic E-state index is 13.4. The third kappa shape index (κ3) is 7.65. The molecule has 1 atom stereocenters. The van der Waals surface area contributed by atoms with Gasteiger partial charge in [0.25, 0.3) is 11.8 Å². The lowest BCUT2D eigenvalue weighted by Gasteiger charge is -2.26. The van der Waals surface area contributed by atoms with Gasteiger partial charge in [0.15, 0.2) is 0 Å². The minimum atomic E-state index is -1.12. The van der Waals surface area contributed by atoms with Crippen LogP contribution in [0.15, 0.2) is 0 Å². The van der Waals surface area contributed by atoms with Crippen LogP contribution in [0.4, 0.5) is 5.69 Å². The smallest absolute Gasteiger partial charge is 0.254 e. The van der Waals surface area contributed by atoms with Gasteiger partial charge in [-0.15, -0.1) is 11.6 Å². The number of carbonyl (C=O) groups excluding carboxylic acids is 3. The van der Waals surface area contributed by atoms with Gasteiger partial charge in [-0.3, -0.25) is 14.4 Å². The van der Waals surface area contributed by atoms with E-state index in [0.29, 0.717) is 28.8 Å². The number of alkyl halides is 1. The van der Waals surface area contributed by atoms with Crippen molar-refractivity contribution in [2.24, 2.45) is 0 Å². The number of hydrogen-bond donors (Lipinski definition) is 5. The Morgan fingerprint density at radius 1 is 1.15 bits per heavy atom. The molecule has 33 heavy (non-hydrogen) atoms. The molecule has 0 spiro atoms. The highest BCUT2D eigenvalue weighted by molar-refractivity contribution is 6.18. The quantitative estimate of drug-likeness (QED) is 0.197. The van der Waals surface area contributed by atoms with Gasteiger partial charge in [0, 0.05) is 42.8 Å². The molecule has 0 aliphatic heterocycles. The zero-order valence-electron chi connectivity index (χ0n) is 19.5. The van der Waals surface area contributed by atoms with Gasteiger partial charge < -0.3 is 35.6 Å². The van der Waals surface area contributed by atoms with Gasteiger partial charge in [-0.2, -0.15) is 0 Å². The fourth-order valence-corrected chi connectivity index (χ4v) is 3.67. The Kier molecular flexibility index (Phi) is 12.3. The zero-order chi connectivity index (χ0) is 25.1. The van der Waals surface area contributed by atoms with Crippen molar-refractivity contribution in [1.82, 2.24) is 10.2 Å². The second kappa shape index (κ2) is 14.1. The summed E-state index contributed by atoms with van der Waals surface area (Å²) in [6.07, 6.45) is -0.754. The third-order valence-electron chi connectivity index (χ3n) is 5.06. The standard InChI is InChI=1S/C22H34ClN3O7/c1-5-16-19(22(32)26(4)10-15(29)11-28)13(2)18(21(31)24-7-8-27)14(3)20(16)25-17(30)12-33-9-6-23/h15,27-29H,5-12H2,1-4H3,(H,24,31)(H,25,30). The molecule has 10 nitrogen and oxygen atoms in total. The first-order valence-electron chi connectivity index (χ1n) is 10.7. The highest BCUT2D eigenvalue weighted by atomic mass is 35.5. The molecule has 0 aliphatic rings. The van der Waals surface area contributed by atoms with Crippen LogP contribution in [-0.4, -0.2) is 96.5 Å². The molecule has 1 aromatic carbocycles. The lowest BCUT2D eigenvalue weighted by molar-refractivity contribution is -0.120. The minimum Gasteiger partial charge on any atom is -0.395 e. The van der Waals surface area contributed by atoms with E-state index in [9.17, 15) is 19.5 Å². The number of halogens is 1. The zero-order valence-corrected chi connectivity index (χ0v) is 20.3. The molecule has 0 fully saturated rings. The largest absolute Gasteiger partial charge is 0.395 e. The van der Waals surface area contributed by atoms with Crippen molar-refractivity contribution >= 4 is 35.0 Å². The summed E-state index contributed by atoms with van der Waals surface area (Å²) < 4.78 is 5.18. The summed E-state index contributed by atoms with van der Waals surface area (Å²) in [6.45, 7) is 4.20. The normalized spacial score (nSPS) is 11.8. The lowest BCUT2D eigenvalue weighted by Crippen LogP contribution is -2.37. The first-order chi connectivity index (χ1) is 15.6. The van der Waals surface area contributed by atoms with Gasteiger partial charge in [0.1, 0.15) is 6.61 Å². The summed E-state index contributed by atoms with van der Waals surface area (Å²) in [4.78, 5) is 40.0. The molecule has 186 valence electrons. The molecule has 0 bridgehead atoms. The first-order valence-corrected chi connectivity index (χ1v) is 11.2. The van der Waals surface area contributed by atoms with E-state index in [0.717, 1.165) is 0 Å². The molecule has 11 heteroatoms. The van der Waals surface area contributed by atoms with Crippen molar-refractivity contribution in [3.8, 4) is 0 Å². The molecule has 3 amide bonds. The van der Waals surface area contributed by atoms with Crippen molar-refractivity contribution in [2.45, 2.75) is 33.3 Å². The van der Waals surface area contributed by atoms with E-state index in [-0.39, 0.29) is 49.9 Å². The van der Waals surface area contributed by atoms with Crippen molar-refractivity contribution in [1.29, 1.82) is 0 Å².